The van der Waals surface area contributed by atoms with E-state index in [0.29, 0.717) is 27.9 Å². The van der Waals surface area contributed by atoms with Crippen LogP contribution in [0.5, 0.6) is 11.5 Å². The molecule has 6 aromatic carbocycles. The summed E-state index contributed by atoms with van der Waals surface area (Å²) < 4.78 is 70.4. The van der Waals surface area contributed by atoms with Gasteiger partial charge < -0.3 is 34.3 Å². The van der Waals surface area contributed by atoms with E-state index in [0.717, 1.165) is 49.3 Å². The van der Waals surface area contributed by atoms with E-state index in [-0.39, 0.29) is 66.7 Å². The van der Waals surface area contributed by atoms with Crippen molar-refractivity contribution in [2.24, 2.45) is 6.98 Å². The molecule has 11 rings (SSSR count). The van der Waals surface area contributed by atoms with Gasteiger partial charge in [0.25, 0.3) is 0 Å². The van der Waals surface area contributed by atoms with Gasteiger partial charge in [0.2, 0.25) is 5.95 Å². The van der Waals surface area contributed by atoms with Crippen LogP contribution in [-0.4, -0.2) is 28.7 Å². The van der Waals surface area contributed by atoms with Gasteiger partial charge in [0, 0.05) is 91.0 Å². The molecule has 0 saturated carbocycles. The smallest absolute Gasteiger partial charge is 0.213 e. The third-order valence-electron chi connectivity index (χ3n) is 12.0. The van der Waals surface area contributed by atoms with Crippen LogP contribution in [0.4, 0.5) is 22.7 Å². The fourth-order valence-electron chi connectivity index (χ4n) is 8.71. The van der Waals surface area contributed by atoms with Crippen LogP contribution in [0.15, 0.2) is 201 Å². The maximum atomic E-state index is 9.12. The van der Waals surface area contributed by atoms with Crippen LogP contribution in [0.2, 0.25) is 0 Å². The Kier molecular flexibility index (Phi) is 10.8. The molecule has 344 valence electrons. The Morgan fingerprint density at radius 3 is 2.06 bits per heavy atom. The molecule has 8 aromatic rings. The van der Waals surface area contributed by atoms with Crippen LogP contribution in [0.1, 0.15) is 47.1 Å². The maximum absolute atomic E-state index is 9.12. The molecule has 8 nitrogen and oxygen atoms in total. The van der Waals surface area contributed by atoms with E-state index >= 15 is 0 Å². The Morgan fingerprint density at radius 1 is 0.686 bits per heavy atom. The van der Waals surface area contributed by atoms with Crippen LogP contribution in [0.25, 0.3) is 49.7 Å². The molecule has 0 spiro atoms. The fourth-order valence-corrected chi connectivity index (χ4v) is 8.71. The zero-order chi connectivity index (χ0) is 52.9. The molecule has 0 unspecified atom stereocenters. The fraction of sp³-hybridized carbons (Fsp3) is 0.0847. The molecule has 2 aromatic heterocycles. The number of aromatic nitrogens is 3. The average molecular weight is 1090 g/mol. The van der Waals surface area contributed by atoms with Crippen molar-refractivity contribution in [3.8, 4) is 17.4 Å². The Hall–Kier alpha value is -7.67. The van der Waals surface area contributed by atoms with Gasteiger partial charge in [-0.1, -0.05) is 104 Å². The molecule has 0 aliphatic carbocycles. The summed E-state index contributed by atoms with van der Waals surface area (Å²) in [5.74, 6) is 4.61. The molecule has 11 heteroatoms. The van der Waals surface area contributed by atoms with Gasteiger partial charge in [0.05, 0.1) is 16.5 Å². The summed E-state index contributed by atoms with van der Waals surface area (Å²) in [6.07, 6.45) is 23.8. The molecule has 0 fully saturated rings. The Balaban J connectivity index is 0.00000672. The molecular weight excluding hydrogens is 1040 g/mol. The topological polar surface area (TPSA) is 62.5 Å². The Labute approximate surface area is 435 Å². The largest absolute Gasteiger partial charge is 0.509 e. The van der Waals surface area contributed by atoms with Gasteiger partial charge in [-0.15, -0.1) is 60.0 Å². The van der Waals surface area contributed by atoms with Crippen LogP contribution in [0.3, 0.4) is 0 Å². The second kappa shape index (κ2) is 19.7. The molecule has 70 heavy (non-hydrogen) atoms. The predicted octanol–water partition coefficient (Wildman–Crippen LogP) is 13.1. The number of ether oxygens (including phenoxy) is 1. The zero-order valence-corrected chi connectivity index (χ0v) is 40.7. The number of rotatable bonds is 7. The standard InChI is InChI=1S/C59H48B2N7O.Pt/c1-59(2,3)41-36-47(49-21-16-34-62-32-13-11-30-60-49)57(48(37-41)50-22-17-35-63-33-14-12-31-61-50)67-40-66(54-26-9-10-27-55(54)67)42-18-15-19-43(38-42)69-44-28-29-46-45-20-5-7-24-52(45)68(56(46)39-44)58-64-51-23-6-8-25-53(51)65(58)4;/h5-37,40,62-63H,1-4H3;/q-3;/b30-11-,31-12-,32-13-,33-14-,34-16-,35-17-,49-21-,50-22-;/i4D3,5D,7D,20D,24D;. The number of aryl methyl sites for hydroxylation is 1. The maximum Gasteiger partial charge on any atom is 0.213 e. The number of para-hydroxylation sites is 5. The van der Waals surface area contributed by atoms with Crippen molar-refractivity contribution in [3.05, 3.63) is 236 Å². The number of benzene rings is 6. The summed E-state index contributed by atoms with van der Waals surface area (Å²) >= 11 is 0. The summed E-state index contributed by atoms with van der Waals surface area (Å²) in [6, 6.07) is 34.0. The van der Waals surface area contributed by atoms with Gasteiger partial charge in [-0.3, -0.25) is 0 Å². The summed E-state index contributed by atoms with van der Waals surface area (Å²) in [6.45, 7) is 6.06. The van der Waals surface area contributed by atoms with E-state index in [2.05, 4.69) is 111 Å². The molecule has 2 N–H and O–H groups in total. The van der Waals surface area contributed by atoms with Crippen LogP contribution in [-0.2, 0) is 33.5 Å². The number of fused-ring (bicyclic) bond motifs is 5. The van der Waals surface area contributed by atoms with Gasteiger partial charge in [-0.05, 0) is 94.2 Å². The number of allylic oxidation sites excluding steroid dienone is 8. The van der Waals surface area contributed by atoms with Gasteiger partial charge in [-0.2, -0.15) is 12.1 Å². The first kappa shape index (κ1) is 38.2. The second-order valence-corrected chi connectivity index (χ2v) is 17.5. The molecule has 0 saturated heterocycles. The summed E-state index contributed by atoms with van der Waals surface area (Å²) in [5.41, 5.74) is 9.46. The average Bonchev–Trinajstić information content (AvgIpc) is 4.33. The molecule has 2 radical (unpaired) electrons. The monoisotopic (exact) mass is 1090 g/mol. The first-order chi connectivity index (χ1) is 36.7. The van der Waals surface area contributed by atoms with Crippen molar-refractivity contribution >= 4 is 81.1 Å². The third kappa shape index (κ3) is 8.92. The van der Waals surface area contributed by atoms with E-state index in [1.54, 1.807) is 42.5 Å². The van der Waals surface area contributed by atoms with Gasteiger partial charge in [0.15, 0.2) is 14.6 Å². The Bertz CT molecular complexity index is 3830. The van der Waals surface area contributed by atoms with Crippen molar-refractivity contribution in [2.75, 3.05) is 9.80 Å². The zero-order valence-electron chi connectivity index (χ0n) is 45.4. The van der Waals surface area contributed by atoms with Crippen molar-refractivity contribution in [2.45, 2.75) is 26.2 Å². The number of nitrogens with one attached hydrogen (secondary N) is 2. The quantitative estimate of drug-likeness (QED) is 0.122. The second-order valence-electron chi connectivity index (χ2n) is 17.5. The van der Waals surface area contributed by atoms with E-state index in [9.17, 15) is 0 Å². The molecule has 3 aliphatic heterocycles. The van der Waals surface area contributed by atoms with E-state index in [1.165, 1.54) is 4.57 Å². The van der Waals surface area contributed by atoms with Crippen molar-refractivity contribution in [1.29, 1.82) is 0 Å². The SMILES string of the molecule is [2H]c1c([2H])c([2H])c2c(c1[2H])c1ccc(Oc3[c-]c(N4[CH-]N(c5c(/C6=C/C=C\N/C=C\C=C/[B]6)cc(C(C)(C)C)cc5/C5=C/C=C\N/C=C\C=C/[B]5)c5ccccc54)ccc3)[c-]c1n2-c1nc2ccccc2n1C([2H])([2H])[2H].[Pt]. The van der Waals surface area contributed by atoms with Crippen molar-refractivity contribution in [3.63, 3.8) is 0 Å². The predicted molar refractivity (Wildman–Crippen MR) is 288 cm³/mol. The molecule has 5 heterocycles. The minimum atomic E-state index is -2.72. The van der Waals surface area contributed by atoms with Crippen LogP contribution < -0.4 is 25.2 Å². The normalized spacial score (nSPS) is 20.5. The molecule has 0 atom stereocenters. The molecule has 0 amide bonds. The van der Waals surface area contributed by atoms with Gasteiger partial charge in [-0.25, -0.2) is 4.98 Å². The van der Waals surface area contributed by atoms with E-state index in [1.807, 2.05) is 97.5 Å². The van der Waals surface area contributed by atoms with E-state index < -0.39 is 19.1 Å². The number of nitrogens with zero attached hydrogens (tertiary/aromatic N) is 5. The molecule has 0 bridgehead atoms. The molecule has 3 aliphatic rings. The summed E-state index contributed by atoms with van der Waals surface area (Å²) in [5, 5.41) is 7.04. The van der Waals surface area contributed by atoms with Gasteiger partial charge in [0.1, 0.15) is 0 Å². The van der Waals surface area contributed by atoms with Crippen LogP contribution in [0, 0.1) is 18.8 Å². The van der Waals surface area contributed by atoms with Crippen molar-refractivity contribution in [1.82, 2.24) is 24.8 Å². The van der Waals surface area contributed by atoms with Crippen molar-refractivity contribution < 1.29 is 35.4 Å². The number of hydrogen-bond donors (Lipinski definition) is 2. The summed E-state index contributed by atoms with van der Waals surface area (Å²) in [7, 11) is 4.27. The number of imidazole rings is 1. The van der Waals surface area contributed by atoms with Gasteiger partial charge >= 0.3 is 0 Å². The minimum Gasteiger partial charge on any atom is -0.509 e. The number of anilines is 4. The van der Waals surface area contributed by atoms with E-state index in [4.69, 9.17) is 19.3 Å². The minimum absolute atomic E-state index is 0. The summed E-state index contributed by atoms with van der Waals surface area (Å²) in [4.78, 5) is 9.10. The Morgan fingerprint density at radius 2 is 1.34 bits per heavy atom. The van der Waals surface area contributed by atoms with Crippen LogP contribution >= 0.6 is 0 Å². The number of hydrogen-bond acceptors (Lipinski definition) is 6. The first-order valence-corrected chi connectivity index (χ1v) is 22.6. The molecular formula is C59H48B2N7OPt-3. The first-order valence-electron chi connectivity index (χ1n) is 26.1. The third-order valence-corrected chi connectivity index (χ3v) is 12.0.